The topological polar surface area (TPSA) is 27.7 Å². The van der Waals surface area contributed by atoms with Gasteiger partial charge < -0.3 is 14.2 Å². The quantitative estimate of drug-likeness (QED) is 0.772. The van der Waals surface area contributed by atoms with Crippen LogP contribution in [0.15, 0.2) is 42.5 Å². The standard InChI is InChI=1S/C17H18O3/c1-18-15-9-5-4-7-13(15)11-12-14-8-6-10-16(19-2)17(14)20-3/h4-12H,1-3H3/b12-11-. The number of methoxy groups -OCH3 is 3. The number of rotatable bonds is 5. The lowest BCUT2D eigenvalue weighted by atomic mass is 10.1. The fourth-order valence-corrected chi connectivity index (χ4v) is 2.03. The number of hydrogen-bond acceptors (Lipinski definition) is 3. The molecule has 0 bridgehead atoms. The molecule has 0 saturated carbocycles. The Kier molecular flexibility index (Phi) is 4.66. The summed E-state index contributed by atoms with van der Waals surface area (Å²) in [6.45, 7) is 0. The molecular weight excluding hydrogens is 252 g/mol. The van der Waals surface area contributed by atoms with Crippen LogP contribution in [0.4, 0.5) is 0 Å². The van der Waals surface area contributed by atoms with E-state index in [0.29, 0.717) is 0 Å². The van der Waals surface area contributed by atoms with Crippen molar-refractivity contribution in [3.63, 3.8) is 0 Å². The number of ether oxygens (including phenoxy) is 3. The van der Waals surface area contributed by atoms with Gasteiger partial charge in [-0.15, -0.1) is 0 Å². The van der Waals surface area contributed by atoms with Gasteiger partial charge >= 0.3 is 0 Å². The molecule has 3 nitrogen and oxygen atoms in total. The van der Waals surface area contributed by atoms with Gasteiger partial charge in [-0.2, -0.15) is 0 Å². The molecule has 0 aliphatic carbocycles. The summed E-state index contributed by atoms with van der Waals surface area (Å²) in [7, 11) is 4.93. The summed E-state index contributed by atoms with van der Waals surface area (Å²) in [5.74, 6) is 2.28. The summed E-state index contributed by atoms with van der Waals surface area (Å²) >= 11 is 0. The van der Waals surface area contributed by atoms with Crippen LogP contribution in [0.3, 0.4) is 0 Å². The minimum atomic E-state index is 0.717. The van der Waals surface area contributed by atoms with Crippen LogP contribution in [0.1, 0.15) is 11.1 Å². The van der Waals surface area contributed by atoms with E-state index in [1.807, 2.05) is 54.6 Å². The van der Waals surface area contributed by atoms with Gasteiger partial charge in [-0.25, -0.2) is 0 Å². The van der Waals surface area contributed by atoms with Crippen LogP contribution in [0.25, 0.3) is 12.2 Å². The zero-order valence-corrected chi connectivity index (χ0v) is 11.9. The van der Waals surface area contributed by atoms with Crippen molar-refractivity contribution in [3.05, 3.63) is 53.6 Å². The first-order valence-electron chi connectivity index (χ1n) is 6.32. The molecule has 0 spiro atoms. The Hall–Kier alpha value is -2.42. The third kappa shape index (κ3) is 2.94. The zero-order chi connectivity index (χ0) is 14.4. The highest BCUT2D eigenvalue weighted by Gasteiger charge is 2.06. The van der Waals surface area contributed by atoms with Crippen molar-refractivity contribution >= 4 is 12.2 Å². The molecule has 0 atom stereocenters. The molecule has 0 N–H and O–H groups in total. The van der Waals surface area contributed by atoms with Crippen LogP contribution in [0.5, 0.6) is 17.2 Å². The normalized spacial score (nSPS) is 10.6. The summed E-state index contributed by atoms with van der Waals surface area (Å²) in [6, 6.07) is 13.6. The predicted molar refractivity (Wildman–Crippen MR) is 81.5 cm³/mol. The summed E-state index contributed by atoms with van der Waals surface area (Å²) in [5.41, 5.74) is 1.97. The second-order valence-electron chi connectivity index (χ2n) is 4.16. The fraction of sp³-hybridized carbons (Fsp3) is 0.176. The van der Waals surface area contributed by atoms with E-state index >= 15 is 0 Å². The lowest BCUT2D eigenvalue weighted by molar-refractivity contribution is 0.354. The smallest absolute Gasteiger partial charge is 0.167 e. The van der Waals surface area contributed by atoms with E-state index in [1.54, 1.807) is 21.3 Å². The predicted octanol–water partition coefficient (Wildman–Crippen LogP) is 3.88. The molecule has 2 aromatic rings. The summed E-state index contributed by atoms with van der Waals surface area (Å²) < 4.78 is 16.0. The van der Waals surface area contributed by atoms with Crippen LogP contribution >= 0.6 is 0 Å². The average Bonchev–Trinajstić information content (AvgIpc) is 2.52. The van der Waals surface area contributed by atoms with Gasteiger partial charge in [0.2, 0.25) is 0 Å². The molecule has 0 aromatic heterocycles. The number of hydrogen-bond donors (Lipinski definition) is 0. The van der Waals surface area contributed by atoms with Crippen molar-refractivity contribution in [2.24, 2.45) is 0 Å². The molecule has 0 saturated heterocycles. The highest BCUT2D eigenvalue weighted by molar-refractivity contribution is 5.76. The largest absolute Gasteiger partial charge is 0.496 e. The molecule has 0 heterocycles. The third-order valence-corrected chi connectivity index (χ3v) is 3.01. The third-order valence-electron chi connectivity index (χ3n) is 3.01. The average molecular weight is 270 g/mol. The minimum Gasteiger partial charge on any atom is -0.496 e. The van der Waals surface area contributed by atoms with E-state index < -0.39 is 0 Å². The molecule has 104 valence electrons. The van der Waals surface area contributed by atoms with Crippen molar-refractivity contribution in [1.82, 2.24) is 0 Å². The van der Waals surface area contributed by atoms with Crippen LogP contribution in [-0.2, 0) is 0 Å². The van der Waals surface area contributed by atoms with E-state index in [4.69, 9.17) is 14.2 Å². The van der Waals surface area contributed by atoms with Crippen LogP contribution in [0, 0.1) is 0 Å². The van der Waals surface area contributed by atoms with E-state index in [0.717, 1.165) is 28.4 Å². The molecule has 0 fully saturated rings. The van der Waals surface area contributed by atoms with Crippen LogP contribution in [0.2, 0.25) is 0 Å². The highest BCUT2D eigenvalue weighted by atomic mass is 16.5. The Morgan fingerprint density at radius 2 is 1.25 bits per heavy atom. The highest BCUT2D eigenvalue weighted by Crippen LogP contribution is 2.32. The molecule has 0 radical (unpaired) electrons. The van der Waals surface area contributed by atoms with Gasteiger partial charge in [0.1, 0.15) is 5.75 Å². The van der Waals surface area contributed by atoms with Crippen LogP contribution in [-0.4, -0.2) is 21.3 Å². The van der Waals surface area contributed by atoms with Crippen molar-refractivity contribution < 1.29 is 14.2 Å². The Bertz CT molecular complexity index is 603. The molecule has 0 amide bonds. The van der Waals surface area contributed by atoms with Gasteiger partial charge in [0.25, 0.3) is 0 Å². The Morgan fingerprint density at radius 1 is 0.650 bits per heavy atom. The van der Waals surface area contributed by atoms with Crippen molar-refractivity contribution in [2.45, 2.75) is 0 Å². The Labute approximate surface area is 119 Å². The SMILES string of the molecule is COc1ccccc1/C=C\c1cccc(OC)c1OC. The zero-order valence-electron chi connectivity index (χ0n) is 11.9. The van der Waals surface area contributed by atoms with Crippen molar-refractivity contribution in [1.29, 1.82) is 0 Å². The van der Waals surface area contributed by atoms with Gasteiger partial charge in [0.05, 0.1) is 21.3 Å². The molecule has 20 heavy (non-hydrogen) atoms. The minimum absolute atomic E-state index is 0.717. The van der Waals surface area contributed by atoms with Gasteiger partial charge in [-0.3, -0.25) is 0 Å². The lowest BCUT2D eigenvalue weighted by Crippen LogP contribution is -1.92. The number of benzene rings is 2. The van der Waals surface area contributed by atoms with Crippen molar-refractivity contribution in [2.75, 3.05) is 21.3 Å². The lowest BCUT2D eigenvalue weighted by Gasteiger charge is -2.10. The second kappa shape index (κ2) is 6.66. The second-order valence-corrected chi connectivity index (χ2v) is 4.16. The van der Waals surface area contributed by atoms with Gasteiger partial charge in [0.15, 0.2) is 11.5 Å². The first kappa shape index (κ1) is 14.0. The number of para-hydroxylation sites is 2. The molecule has 0 unspecified atom stereocenters. The molecule has 0 aliphatic heterocycles. The van der Waals surface area contributed by atoms with E-state index in [2.05, 4.69) is 0 Å². The summed E-state index contributed by atoms with van der Waals surface area (Å²) in [4.78, 5) is 0. The summed E-state index contributed by atoms with van der Waals surface area (Å²) in [6.07, 6.45) is 3.98. The van der Waals surface area contributed by atoms with E-state index in [1.165, 1.54) is 0 Å². The molecular formula is C17H18O3. The maximum absolute atomic E-state index is 5.40. The molecule has 2 aromatic carbocycles. The molecule has 0 aliphatic rings. The van der Waals surface area contributed by atoms with E-state index in [-0.39, 0.29) is 0 Å². The fourth-order valence-electron chi connectivity index (χ4n) is 2.03. The van der Waals surface area contributed by atoms with Gasteiger partial charge in [-0.05, 0) is 12.1 Å². The van der Waals surface area contributed by atoms with Crippen molar-refractivity contribution in [3.8, 4) is 17.2 Å². The Morgan fingerprint density at radius 3 is 1.95 bits per heavy atom. The maximum atomic E-state index is 5.40. The van der Waals surface area contributed by atoms with E-state index in [9.17, 15) is 0 Å². The molecule has 2 rings (SSSR count). The van der Waals surface area contributed by atoms with Gasteiger partial charge in [0, 0.05) is 11.1 Å². The van der Waals surface area contributed by atoms with Crippen LogP contribution < -0.4 is 14.2 Å². The summed E-state index contributed by atoms with van der Waals surface area (Å²) in [5, 5.41) is 0. The maximum Gasteiger partial charge on any atom is 0.167 e. The van der Waals surface area contributed by atoms with Gasteiger partial charge in [-0.1, -0.05) is 42.5 Å². The first-order valence-corrected chi connectivity index (χ1v) is 6.32. The first-order chi connectivity index (χ1) is 9.80. The Balaban J connectivity index is 2.36. The monoisotopic (exact) mass is 270 g/mol. The molecule has 3 heteroatoms.